The molecule has 4 rings (SSSR count). The maximum atomic E-state index is 12.6. The van der Waals surface area contributed by atoms with Gasteiger partial charge in [-0.25, -0.2) is 0 Å². The summed E-state index contributed by atoms with van der Waals surface area (Å²) in [6, 6.07) is 13.0. The lowest BCUT2D eigenvalue weighted by Crippen LogP contribution is -2.25. The molecule has 0 bridgehead atoms. The number of carbonyl (C=O) groups is 1. The number of aromatic nitrogens is 2. The highest BCUT2D eigenvalue weighted by Crippen LogP contribution is 2.34. The first-order valence-electron chi connectivity index (χ1n) is 8.59. The normalized spacial score (nSPS) is 16.8. The van der Waals surface area contributed by atoms with Crippen LogP contribution in [0.2, 0.25) is 5.02 Å². The third kappa shape index (κ3) is 3.40. The van der Waals surface area contributed by atoms with Gasteiger partial charge in [0.25, 0.3) is 0 Å². The molecule has 0 aliphatic carbocycles. The Morgan fingerprint density at radius 2 is 2.11 bits per heavy atom. The predicted molar refractivity (Wildman–Crippen MR) is 102 cm³/mol. The van der Waals surface area contributed by atoms with E-state index in [1.54, 1.807) is 12.0 Å². The molecule has 1 fully saturated rings. The van der Waals surface area contributed by atoms with Crippen molar-refractivity contribution in [3.8, 4) is 17.1 Å². The zero-order valence-electron chi connectivity index (χ0n) is 15.0. The van der Waals surface area contributed by atoms with Gasteiger partial charge in [0.05, 0.1) is 13.0 Å². The summed E-state index contributed by atoms with van der Waals surface area (Å²) in [4.78, 5) is 18.8. The molecular formula is C20H18ClN3O3. The monoisotopic (exact) mass is 383 g/mol. The summed E-state index contributed by atoms with van der Waals surface area (Å²) >= 11 is 6.10. The van der Waals surface area contributed by atoms with E-state index in [1.807, 2.05) is 49.4 Å². The Labute approximate surface area is 161 Å². The molecule has 1 aliphatic rings. The van der Waals surface area contributed by atoms with Crippen LogP contribution in [-0.4, -0.2) is 29.7 Å². The minimum Gasteiger partial charge on any atom is -0.497 e. The fourth-order valence-electron chi connectivity index (χ4n) is 3.26. The van der Waals surface area contributed by atoms with E-state index in [9.17, 15) is 4.79 Å². The minimum atomic E-state index is -0.150. The zero-order valence-corrected chi connectivity index (χ0v) is 15.7. The number of methoxy groups -OCH3 is 1. The molecule has 1 atom stereocenters. The predicted octanol–water partition coefficient (Wildman–Crippen LogP) is 4.23. The lowest BCUT2D eigenvalue weighted by Gasteiger charge is -2.18. The lowest BCUT2D eigenvalue weighted by molar-refractivity contribution is -0.117. The quantitative estimate of drug-likeness (QED) is 0.674. The molecule has 1 amide bonds. The Bertz CT molecular complexity index is 1000. The second-order valence-electron chi connectivity index (χ2n) is 6.52. The Hall–Kier alpha value is -2.86. The van der Waals surface area contributed by atoms with Crippen LogP contribution in [0.25, 0.3) is 11.4 Å². The molecule has 0 radical (unpaired) electrons. The Morgan fingerprint density at radius 1 is 1.26 bits per heavy atom. The van der Waals surface area contributed by atoms with Crippen LogP contribution in [0, 0.1) is 6.92 Å². The van der Waals surface area contributed by atoms with Gasteiger partial charge < -0.3 is 14.2 Å². The summed E-state index contributed by atoms with van der Waals surface area (Å²) in [5.41, 5.74) is 2.62. The molecule has 2 heterocycles. The average molecular weight is 384 g/mol. The van der Waals surface area contributed by atoms with Crippen molar-refractivity contribution in [2.24, 2.45) is 0 Å². The van der Waals surface area contributed by atoms with Crippen LogP contribution < -0.4 is 9.64 Å². The summed E-state index contributed by atoms with van der Waals surface area (Å²) in [7, 11) is 1.61. The van der Waals surface area contributed by atoms with Gasteiger partial charge in [-0.15, -0.1) is 0 Å². The fraction of sp³-hybridized carbons (Fsp3) is 0.250. The zero-order chi connectivity index (χ0) is 19.0. The molecule has 1 saturated heterocycles. The van der Waals surface area contributed by atoms with E-state index in [0.717, 1.165) is 22.6 Å². The van der Waals surface area contributed by atoms with E-state index in [1.165, 1.54) is 0 Å². The van der Waals surface area contributed by atoms with Crippen molar-refractivity contribution in [1.29, 1.82) is 0 Å². The number of rotatable bonds is 4. The van der Waals surface area contributed by atoms with Gasteiger partial charge in [0.15, 0.2) is 0 Å². The number of aryl methyl sites for hydroxylation is 1. The summed E-state index contributed by atoms with van der Waals surface area (Å²) in [6.45, 7) is 2.44. The van der Waals surface area contributed by atoms with Crippen molar-refractivity contribution in [2.75, 3.05) is 18.6 Å². The molecule has 0 spiro atoms. The van der Waals surface area contributed by atoms with Crippen molar-refractivity contribution in [3.63, 3.8) is 0 Å². The summed E-state index contributed by atoms with van der Waals surface area (Å²) in [6.07, 6.45) is 0.325. The molecular weight excluding hydrogens is 366 g/mol. The van der Waals surface area contributed by atoms with E-state index in [-0.39, 0.29) is 11.8 Å². The highest BCUT2D eigenvalue weighted by molar-refractivity contribution is 6.31. The number of carbonyl (C=O) groups excluding carboxylic acids is 1. The summed E-state index contributed by atoms with van der Waals surface area (Å²) < 4.78 is 10.7. The van der Waals surface area contributed by atoms with E-state index in [4.69, 9.17) is 20.9 Å². The van der Waals surface area contributed by atoms with Gasteiger partial charge in [0.1, 0.15) is 5.75 Å². The van der Waals surface area contributed by atoms with Gasteiger partial charge in [0.2, 0.25) is 17.6 Å². The molecule has 0 N–H and O–H groups in total. The van der Waals surface area contributed by atoms with Gasteiger partial charge in [-0.1, -0.05) is 35.0 Å². The topological polar surface area (TPSA) is 68.5 Å². The average Bonchev–Trinajstić information content (AvgIpc) is 3.31. The fourth-order valence-corrected chi connectivity index (χ4v) is 3.43. The second-order valence-corrected chi connectivity index (χ2v) is 6.96. The molecule has 1 unspecified atom stereocenters. The third-order valence-electron chi connectivity index (χ3n) is 4.71. The second kappa shape index (κ2) is 7.04. The molecule has 138 valence electrons. The summed E-state index contributed by atoms with van der Waals surface area (Å²) in [5.74, 6) is 1.53. The standard InChI is InChI=1S/C20H18ClN3O3/c1-12-6-7-15(21)10-17(12)24-11-14(9-18(24)25)20-22-19(23-27-20)13-4-3-5-16(8-13)26-2/h3-8,10,14H,9,11H2,1-2H3. The number of hydrogen-bond acceptors (Lipinski definition) is 5. The number of benzene rings is 2. The van der Waals surface area contributed by atoms with Crippen molar-refractivity contribution < 1.29 is 14.1 Å². The SMILES string of the molecule is COc1cccc(-c2noc(C3CC(=O)N(c4cc(Cl)ccc4C)C3)n2)c1. The number of anilines is 1. The highest BCUT2D eigenvalue weighted by atomic mass is 35.5. The van der Waals surface area contributed by atoms with Gasteiger partial charge in [-0.3, -0.25) is 4.79 Å². The largest absolute Gasteiger partial charge is 0.497 e. The van der Waals surface area contributed by atoms with E-state index >= 15 is 0 Å². The number of halogens is 1. The molecule has 2 aromatic carbocycles. The smallest absolute Gasteiger partial charge is 0.232 e. The molecule has 1 aliphatic heterocycles. The molecule has 3 aromatic rings. The highest BCUT2D eigenvalue weighted by Gasteiger charge is 2.35. The first-order chi connectivity index (χ1) is 13.0. The van der Waals surface area contributed by atoms with Gasteiger partial charge in [-0.2, -0.15) is 4.98 Å². The van der Waals surface area contributed by atoms with Crippen LogP contribution in [0.3, 0.4) is 0 Å². The maximum Gasteiger partial charge on any atom is 0.232 e. The van der Waals surface area contributed by atoms with Crippen LogP contribution >= 0.6 is 11.6 Å². The summed E-state index contributed by atoms with van der Waals surface area (Å²) in [5, 5.41) is 4.67. The Kier molecular flexibility index (Phi) is 4.58. The van der Waals surface area contributed by atoms with Crippen LogP contribution in [-0.2, 0) is 4.79 Å². The molecule has 1 aromatic heterocycles. The number of ether oxygens (including phenoxy) is 1. The van der Waals surface area contributed by atoms with Crippen LogP contribution in [0.4, 0.5) is 5.69 Å². The van der Waals surface area contributed by atoms with Crippen LogP contribution in [0.15, 0.2) is 47.0 Å². The molecule has 27 heavy (non-hydrogen) atoms. The first-order valence-corrected chi connectivity index (χ1v) is 8.97. The number of nitrogens with zero attached hydrogens (tertiary/aromatic N) is 3. The van der Waals surface area contributed by atoms with E-state index in [2.05, 4.69) is 10.1 Å². The van der Waals surface area contributed by atoms with Crippen molar-refractivity contribution in [3.05, 3.63) is 58.9 Å². The van der Waals surface area contributed by atoms with Crippen molar-refractivity contribution in [1.82, 2.24) is 10.1 Å². The van der Waals surface area contributed by atoms with E-state index < -0.39 is 0 Å². The van der Waals surface area contributed by atoms with Crippen LogP contribution in [0.5, 0.6) is 5.75 Å². The van der Waals surface area contributed by atoms with Crippen molar-refractivity contribution in [2.45, 2.75) is 19.3 Å². The van der Waals surface area contributed by atoms with Gasteiger partial charge in [-0.05, 0) is 36.8 Å². The third-order valence-corrected chi connectivity index (χ3v) is 4.94. The Morgan fingerprint density at radius 3 is 2.93 bits per heavy atom. The number of amides is 1. The van der Waals surface area contributed by atoms with Crippen molar-refractivity contribution >= 4 is 23.2 Å². The first kappa shape index (κ1) is 17.5. The number of hydrogen-bond donors (Lipinski definition) is 0. The lowest BCUT2D eigenvalue weighted by atomic mass is 10.1. The molecule has 7 heteroatoms. The van der Waals surface area contributed by atoms with E-state index in [0.29, 0.717) is 29.7 Å². The molecule has 6 nitrogen and oxygen atoms in total. The maximum absolute atomic E-state index is 12.6. The van der Waals surface area contributed by atoms with Gasteiger partial charge >= 0.3 is 0 Å². The minimum absolute atomic E-state index is 0.0199. The van der Waals surface area contributed by atoms with Crippen LogP contribution in [0.1, 0.15) is 23.8 Å². The molecule has 0 saturated carbocycles. The Balaban J connectivity index is 1.58. The van der Waals surface area contributed by atoms with Gasteiger partial charge in [0, 0.05) is 29.2 Å².